The number of hydrogen-bond donors (Lipinski definition) is 2. The van der Waals surface area contributed by atoms with Crippen LogP contribution in [0.3, 0.4) is 0 Å². The highest BCUT2D eigenvalue weighted by molar-refractivity contribution is 5.31. The monoisotopic (exact) mass is 225 g/mol. The second kappa shape index (κ2) is 4.03. The summed E-state index contributed by atoms with van der Waals surface area (Å²) in [5, 5.41) is 7.12. The maximum absolute atomic E-state index is 5.85. The number of rotatable bonds is 3. The van der Waals surface area contributed by atoms with E-state index in [0.29, 0.717) is 5.95 Å². The molecular weight excluding hydrogens is 206 g/mol. The minimum absolute atomic E-state index is 0.234. The van der Waals surface area contributed by atoms with Gasteiger partial charge in [0, 0.05) is 26.2 Å². The molecule has 16 heavy (non-hydrogen) atoms. The highest BCUT2D eigenvalue weighted by Crippen LogP contribution is 2.22. The van der Waals surface area contributed by atoms with Gasteiger partial charge in [0.15, 0.2) is 5.82 Å². The first-order valence-corrected chi connectivity index (χ1v) is 5.51. The number of methoxy groups -OCH3 is 1. The van der Waals surface area contributed by atoms with Crippen molar-refractivity contribution in [2.24, 2.45) is 5.73 Å². The number of aromatic nitrogens is 3. The van der Waals surface area contributed by atoms with Crippen LogP contribution in [0.25, 0.3) is 0 Å². The van der Waals surface area contributed by atoms with Crippen LogP contribution in [-0.4, -0.2) is 41.4 Å². The molecule has 1 aromatic rings. The first-order chi connectivity index (χ1) is 7.53. The molecule has 0 aliphatic carbocycles. The number of hydrogen-bond acceptors (Lipinski definition) is 5. The van der Waals surface area contributed by atoms with E-state index in [9.17, 15) is 0 Å². The number of nitrogens with one attached hydrogen (secondary N) is 1. The summed E-state index contributed by atoms with van der Waals surface area (Å²) < 4.78 is 5.34. The minimum atomic E-state index is -0.437. The standard InChI is InChI=1S/C10H19N5O/c1-10(2,16-3)8-12-9(14-13-8)15-5-4-7(11)6-15/h7H,4-6,11H2,1-3H3,(H,12,13,14). The molecule has 0 bridgehead atoms. The van der Waals surface area contributed by atoms with Crippen LogP contribution in [0.5, 0.6) is 0 Å². The number of anilines is 1. The van der Waals surface area contributed by atoms with Gasteiger partial charge in [-0.1, -0.05) is 0 Å². The van der Waals surface area contributed by atoms with Gasteiger partial charge in [-0.25, -0.2) is 0 Å². The van der Waals surface area contributed by atoms with Gasteiger partial charge in [0.2, 0.25) is 5.95 Å². The highest BCUT2D eigenvalue weighted by Gasteiger charge is 2.27. The molecule has 0 amide bonds. The molecule has 0 aromatic carbocycles. The Morgan fingerprint density at radius 2 is 2.31 bits per heavy atom. The van der Waals surface area contributed by atoms with E-state index < -0.39 is 5.60 Å². The Morgan fingerprint density at radius 3 is 2.88 bits per heavy atom. The van der Waals surface area contributed by atoms with Crippen LogP contribution in [0.2, 0.25) is 0 Å². The maximum atomic E-state index is 5.85. The van der Waals surface area contributed by atoms with E-state index in [1.807, 2.05) is 13.8 Å². The molecule has 1 aromatic heterocycles. The zero-order valence-corrected chi connectivity index (χ0v) is 10.0. The molecule has 1 atom stereocenters. The van der Waals surface area contributed by atoms with Crippen LogP contribution in [0.1, 0.15) is 26.1 Å². The third-order valence-corrected chi connectivity index (χ3v) is 3.06. The van der Waals surface area contributed by atoms with E-state index in [0.717, 1.165) is 25.3 Å². The number of ether oxygens (including phenoxy) is 1. The van der Waals surface area contributed by atoms with Gasteiger partial charge in [0.05, 0.1) is 0 Å². The van der Waals surface area contributed by atoms with E-state index in [4.69, 9.17) is 10.5 Å². The largest absolute Gasteiger partial charge is 0.371 e. The Hall–Kier alpha value is -1.14. The van der Waals surface area contributed by atoms with E-state index in [2.05, 4.69) is 20.1 Å². The maximum Gasteiger partial charge on any atom is 0.244 e. The predicted octanol–water partition coefficient (Wildman–Crippen LogP) is 0.224. The fourth-order valence-corrected chi connectivity index (χ4v) is 1.73. The minimum Gasteiger partial charge on any atom is -0.371 e. The molecule has 2 rings (SSSR count). The van der Waals surface area contributed by atoms with Gasteiger partial charge in [0.1, 0.15) is 5.60 Å². The molecule has 3 N–H and O–H groups in total. The van der Waals surface area contributed by atoms with Crippen LogP contribution in [-0.2, 0) is 10.3 Å². The van der Waals surface area contributed by atoms with Crippen LogP contribution >= 0.6 is 0 Å². The molecule has 0 spiro atoms. The molecule has 1 aliphatic heterocycles. The van der Waals surface area contributed by atoms with Crippen molar-refractivity contribution in [2.75, 3.05) is 25.1 Å². The summed E-state index contributed by atoms with van der Waals surface area (Å²) in [6, 6.07) is 0.234. The van der Waals surface area contributed by atoms with Crippen LogP contribution in [0.4, 0.5) is 5.95 Å². The van der Waals surface area contributed by atoms with E-state index in [-0.39, 0.29) is 6.04 Å². The van der Waals surface area contributed by atoms with Gasteiger partial charge in [-0.2, -0.15) is 4.98 Å². The summed E-state index contributed by atoms with van der Waals surface area (Å²) in [6.07, 6.45) is 0.998. The van der Waals surface area contributed by atoms with Gasteiger partial charge in [-0.15, -0.1) is 5.10 Å². The molecular formula is C10H19N5O. The quantitative estimate of drug-likeness (QED) is 0.769. The fraction of sp³-hybridized carbons (Fsp3) is 0.800. The summed E-state index contributed by atoms with van der Waals surface area (Å²) in [5.41, 5.74) is 5.41. The predicted molar refractivity (Wildman–Crippen MR) is 61.2 cm³/mol. The third kappa shape index (κ3) is 2.03. The van der Waals surface area contributed by atoms with Crippen molar-refractivity contribution >= 4 is 5.95 Å². The van der Waals surface area contributed by atoms with Gasteiger partial charge < -0.3 is 15.4 Å². The smallest absolute Gasteiger partial charge is 0.244 e. The Bertz CT molecular complexity index is 362. The van der Waals surface area contributed by atoms with Gasteiger partial charge in [-0.3, -0.25) is 5.10 Å². The van der Waals surface area contributed by atoms with Crippen molar-refractivity contribution in [3.8, 4) is 0 Å². The normalized spacial score (nSPS) is 21.8. The van der Waals surface area contributed by atoms with Crippen LogP contribution < -0.4 is 10.6 Å². The zero-order chi connectivity index (χ0) is 11.8. The second-order valence-electron chi connectivity index (χ2n) is 4.69. The van der Waals surface area contributed by atoms with E-state index in [1.54, 1.807) is 7.11 Å². The SMILES string of the molecule is COC(C)(C)c1nc(N2CCC(N)C2)n[nH]1. The van der Waals surface area contributed by atoms with Crippen molar-refractivity contribution in [3.63, 3.8) is 0 Å². The zero-order valence-electron chi connectivity index (χ0n) is 10.0. The van der Waals surface area contributed by atoms with Crippen LogP contribution in [0.15, 0.2) is 0 Å². The van der Waals surface area contributed by atoms with E-state index in [1.165, 1.54) is 0 Å². The highest BCUT2D eigenvalue weighted by atomic mass is 16.5. The second-order valence-corrected chi connectivity index (χ2v) is 4.69. The summed E-state index contributed by atoms with van der Waals surface area (Å²) in [4.78, 5) is 6.54. The Kier molecular flexibility index (Phi) is 2.86. The molecule has 1 unspecified atom stereocenters. The summed E-state index contributed by atoms with van der Waals surface area (Å²) in [6.45, 7) is 5.65. The summed E-state index contributed by atoms with van der Waals surface area (Å²) in [5.74, 6) is 1.46. The molecule has 6 heteroatoms. The van der Waals surface area contributed by atoms with Gasteiger partial charge in [-0.05, 0) is 20.3 Å². The summed E-state index contributed by atoms with van der Waals surface area (Å²) >= 11 is 0. The molecule has 1 aliphatic rings. The van der Waals surface area contributed by atoms with Crippen LogP contribution in [0, 0.1) is 0 Å². The van der Waals surface area contributed by atoms with Gasteiger partial charge >= 0.3 is 0 Å². The number of H-pyrrole nitrogens is 1. The van der Waals surface area contributed by atoms with Crippen molar-refractivity contribution < 1.29 is 4.74 Å². The molecule has 90 valence electrons. The Morgan fingerprint density at radius 1 is 1.56 bits per heavy atom. The molecule has 1 fully saturated rings. The lowest BCUT2D eigenvalue weighted by atomic mass is 10.1. The van der Waals surface area contributed by atoms with E-state index >= 15 is 0 Å². The molecule has 6 nitrogen and oxygen atoms in total. The molecule has 0 radical (unpaired) electrons. The lowest BCUT2D eigenvalue weighted by Crippen LogP contribution is -2.27. The topological polar surface area (TPSA) is 80.1 Å². The lowest BCUT2D eigenvalue weighted by molar-refractivity contribution is 0.0118. The Balaban J connectivity index is 2.14. The first kappa shape index (κ1) is 11.3. The first-order valence-electron chi connectivity index (χ1n) is 5.51. The van der Waals surface area contributed by atoms with Crippen molar-refractivity contribution in [2.45, 2.75) is 31.9 Å². The van der Waals surface area contributed by atoms with Crippen molar-refractivity contribution in [1.29, 1.82) is 0 Å². The third-order valence-electron chi connectivity index (χ3n) is 3.06. The van der Waals surface area contributed by atoms with Crippen molar-refractivity contribution in [3.05, 3.63) is 5.82 Å². The fourth-order valence-electron chi connectivity index (χ4n) is 1.73. The number of nitrogens with two attached hydrogens (primary N) is 1. The average Bonchev–Trinajstić information content (AvgIpc) is 2.85. The lowest BCUT2D eigenvalue weighted by Gasteiger charge is -2.19. The van der Waals surface area contributed by atoms with Gasteiger partial charge in [0.25, 0.3) is 0 Å². The molecule has 1 saturated heterocycles. The summed E-state index contributed by atoms with van der Waals surface area (Å²) in [7, 11) is 1.66. The Labute approximate surface area is 95.2 Å². The molecule has 2 heterocycles. The number of aromatic amines is 1. The number of nitrogens with zero attached hydrogens (tertiary/aromatic N) is 3. The molecule has 0 saturated carbocycles. The van der Waals surface area contributed by atoms with Crippen molar-refractivity contribution in [1.82, 2.24) is 15.2 Å². The average molecular weight is 225 g/mol.